The number of unbranched alkanes of at least 4 members (excludes halogenated alkanes) is 5. The van der Waals surface area contributed by atoms with E-state index in [9.17, 15) is 14.4 Å². The maximum Gasteiger partial charge on any atom is 0.310 e. The summed E-state index contributed by atoms with van der Waals surface area (Å²) in [5.74, 6) is -1.58. The minimum absolute atomic E-state index is 0.0339. The number of rotatable bonds is 16. The number of fused-ring (bicyclic) bond motifs is 1. The second-order valence-electron chi connectivity index (χ2n) is 10.7. The van der Waals surface area contributed by atoms with Crippen molar-refractivity contribution >= 4 is 45.5 Å². The largest absolute Gasteiger partial charge is 0.465 e. The number of hydrogen-bond donors (Lipinski definition) is 1. The van der Waals surface area contributed by atoms with E-state index in [1.807, 2.05) is 19.9 Å². The third-order valence-corrected chi connectivity index (χ3v) is 11.1. The van der Waals surface area contributed by atoms with E-state index in [0.717, 1.165) is 44.9 Å². The minimum Gasteiger partial charge on any atom is -0.465 e. The molecule has 7 nitrogen and oxygen atoms in total. The monoisotopic (exact) mass is 598 g/mol. The van der Waals surface area contributed by atoms with Gasteiger partial charge in [0.15, 0.2) is 0 Å². The van der Waals surface area contributed by atoms with Crippen LogP contribution in [0.5, 0.6) is 0 Å². The Morgan fingerprint density at radius 2 is 1.95 bits per heavy atom. The van der Waals surface area contributed by atoms with Gasteiger partial charge in [-0.2, -0.15) is 0 Å². The smallest absolute Gasteiger partial charge is 0.310 e. The molecule has 0 aliphatic carbocycles. The average Bonchev–Trinajstić information content (AvgIpc) is 3.45. The van der Waals surface area contributed by atoms with E-state index in [4.69, 9.17) is 9.84 Å². The summed E-state index contributed by atoms with van der Waals surface area (Å²) in [6.07, 6.45) is 10.0. The van der Waals surface area contributed by atoms with Gasteiger partial charge in [-0.3, -0.25) is 14.4 Å². The molecule has 0 saturated carbocycles. The van der Waals surface area contributed by atoms with E-state index in [-0.39, 0.29) is 40.5 Å². The second kappa shape index (κ2) is 13.7. The molecule has 0 aromatic carbocycles. The summed E-state index contributed by atoms with van der Waals surface area (Å²) < 4.78 is 5.04. The third-order valence-electron chi connectivity index (χ3n) is 7.88. The van der Waals surface area contributed by atoms with Gasteiger partial charge in [0.1, 0.15) is 6.04 Å². The first-order valence-electron chi connectivity index (χ1n) is 13.7. The van der Waals surface area contributed by atoms with Crippen LogP contribution in [-0.4, -0.2) is 85.9 Å². The molecule has 0 radical (unpaired) electrons. The fourth-order valence-corrected chi connectivity index (χ4v) is 9.77. The molecule has 1 N–H and O–H groups in total. The lowest BCUT2D eigenvalue weighted by atomic mass is 9.71. The fraction of sp³-hybridized carbons (Fsp3) is 0.750. The van der Waals surface area contributed by atoms with Crippen LogP contribution >= 0.6 is 27.7 Å². The summed E-state index contributed by atoms with van der Waals surface area (Å²) in [5.41, 5.74) is 0. The summed E-state index contributed by atoms with van der Waals surface area (Å²) in [6, 6.07) is -0.659. The van der Waals surface area contributed by atoms with Gasteiger partial charge in [0.05, 0.1) is 23.2 Å². The van der Waals surface area contributed by atoms with E-state index in [1.54, 1.807) is 27.6 Å². The molecule has 3 saturated heterocycles. The van der Waals surface area contributed by atoms with Crippen LogP contribution in [0.25, 0.3) is 0 Å². The zero-order chi connectivity index (χ0) is 27.2. The van der Waals surface area contributed by atoms with Crippen molar-refractivity contribution in [3.63, 3.8) is 0 Å². The van der Waals surface area contributed by atoms with E-state index >= 15 is 0 Å². The molecule has 2 bridgehead atoms. The number of esters is 1. The summed E-state index contributed by atoms with van der Waals surface area (Å²) in [5, 5.41) is 9.01. The maximum absolute atomic E-state index is 14.1. The number of alkyl halides is 1. The van der Waals surface area contributed by atoms with Crippen LogP contribution in [0.1, 0.15) is 65.2 Å². The molecule has 3 aliphatic rings. The van der Waals surface area contributed by atoms with Gasteiger partial charge in [0, 0.05) is 35.8 Å². The molecule has 3 aliphatic heterocycles. The van der Waals surface area contributed by atoms with Crippen LogP contribution in [0.2, 0.25) is 0 Å². The van der Waals surface area contributed by atoms with Gasteiger partial charge in [-0.1, -0.05) is 40.9 Å². The van der Waals surface area contributed by atoms with Crippen molar-refractivity contribution in [1.29, 1.82) is 0 Å². The Morgan fingerprint density at radius 1 is 1.22 bits per heavy atom. The number of amides is 2. The second-order valence-corrected chi connectivity index (χ2v) is 13.4. The van der Waals surface area contributed by atoms with Crippen LogP contribution in [0.4, 0.5) is 0 Å². The summed E-state index contributed by atoms with van der Waals surface area (Å²) >= 11 is 5.45. The van der Waals surface area contributed by atoms with Crippen molar-refractivity contribution in [1.82, 2.24) is 9.80 Å². The molecule has 9 heteroatoms. The highest BCUT2D eigenvalue weighted by atomic mass is 79.9. The van der Waals surface area contributed by atoms with Crippen LogP contribution < -0.4 is 0 Å². The van der Waals surface area contributed by atoms with Crippen molar-refractivity contribution in [3.8, 4) is 0 Å². The number of thioether (sulfide) groups is 1. The molecular weight excluding hydrogens is 556 g/mol. The first-order chi connectivity index (χ1) is 17.7. The van der Waals surface area contributed by atoms with Crippen molar-refractivity contribution in [2.45, 2.75) is 92.1 Å². The van der Waals surface area contributed by atoms with E-state index in [2.05, 4.69) is 29.1 Å². The predicted octanol–water partition coefficient (Wildman–Crippen LogP) is 4.33. The number of nitrogens with zero attached hydrogens (tertiary/aromatic N) is 2. The van der Waals surface area contributed by atoms with Crippen LogP contribution in [-0.2, 0) is 19.1 Å². The van der Waals surface area contributed by atoms with E-state index in [1.165, 1.54) is 0 Å². The van der Waals surface area contributed by atoms with Crippen molar-refractivity contribution < 1.29 is 24.2 Å². The van der Waals surface area contributed by atoms with Gasteiger partial charge in [-0.15, -0.1) is 24.9 Å². The molecule has 37 heavy (non-hydrogen) atoms. The van der Waals surface area contributed by atoms with Gasteiger partial charge in [0.2, 0.25) is 11.8 Å². The Morgan fingerprint density at radius 3 is 2.59 bits per heavy atom. The highest BCUT2D eigenvalue weighted by molar-refractivity contribution is 9.09. The maximum atomic E-state index is 14.1. The first kappa shape index (κ1) is 30.2. The van der Waals surface area contributed by atoms with E-state index in [0.29, 0.717) is 26.1 Å². The predicted molar refractivity (Wildman–Crippen MR) is 152 cm³/mol. The lowest BCUT2D eigenvalue weighted by Crippen LogP contribution is -2.56. The average molecular weight is 600 g/mol. The summed E-state index contributed by atoms with van der Waals surface area (Å²) in [4.78, 5) is 45.2. The van der Waals surface area contributed by atoms with Crippen LogP contribution in [0.15, 0.2) is 25.3 Å². The quantitative estimate of drug-likeness (QED) is 0.123. The molecule has 3 rings (SSSR count). The Labute approximate surface area is 234 Å². The highest BCUT2D eigenvalue weighted by Crippen LogP contribution is 2.68. The van der Waals surface area contributed by atoms with Crippen LogP contribution in [0, 0.1) is 11.8 Å². The number of ether oxygens (including phenoxy) is 1. The van der Waals surface area contributed by atoms with Crippen molar-refractivity contribution in [2.24, 2.45) is 11.8 Å². The fourth-order valence-electron chi connectivity index (χ4n) is 6.18. The van der Waals surface area contributed by atoms with Gasteiger partial charge in [0.25, 0.3) is 0 Å². The Bertz CT molecular complexity index is 854. The molecule has 3 unspecified atom stereocenters. The Balaban J connectivity index is 1.89. The third kappa shape index (κ3) is 6.14. The van der Waals surface area contributed by atoms with Gasteiger partial charge in [-0.05, 0) is 52.4 Å². The van der Waals surface area contributed by atoms with Gasteiger partial charge in [-0.25, -0.2) is 0 Å². The normalized spacial score (nSPS) is 30.0. The minimum atomic E-state index is -0.654. The summed E-state index contributed by atoms with van der Waals surface area (Å²) in [6.45, 7) is 12.9. The molecule has 6 atom stereocenters. The van der Waals surface area contributed by atoms with Crippen LogP contribution in [0.3, 0.4) is 0 Å². The lowest BCUT2D eigenvalue weighted by Gasteiger charge is -2.39. The number of halogens is 1. The molecule has 208 valence electrons. The molecule has 3 fully saturated rings. The number of aliphatic hydroxyl groups is 1. The molecular formula is C28H43BrN2O5S. The zero-order valence-electron chi connectivity index (χ0n) is 22.3. The molecule has 1 spiro atoms. The standard InChI is InChI=1S/C28H43BrN2O5S/c1-5-7-8-13-17-36-27(35)21-22-25(33)31(15-11-9-10-12-16-32)24(26(34)30(14-6-2)19(3)4)28(22)18-20(29)23(21)37-28/h5-6,19-24,32H,1-2,7-18H2,3-4H3/t20?,21-,22+,23-,24?,28?/m1/s1. The summed E-state index contributed by atoms with van der Waals surface area (Å²) in [7, 11) is 0. The van der Waals surface area contributed by atoms with Gasteiger partial charge >= 0.3 is 5.97 Å². The van der Waals surface area contributed by atoms with E-state index < -0.39 is 22.6 Å². The molecule has 2 amide bonds. The zero-order valence-corrected chi connectivity index (χ0v) is 24.7. The highest BCUT2D eigenvalue weighted by Gasteiger charge is 2.76. The molecule has 3 heterocycles. The topological polar surface area (TPSA) is 87.2 Å². The Kier molecular flexibility index (Phi) is 11.2. The SMILES string of the molecule is C=CCCCCOC(=O)[C@H]1[C@@H]2SC3(CC2Br)C(C(=O)N(CC=C)C(C)C)N(CCCCCCO)C(=O)[C@H]13. The lowest BCUT2D eigenvalue weighted by molar-refractivity contribution is -0.154. The number of allylic oxidation sites excluding steroid dienone is 1. The number of carbonyl (C=O) groups is 3. The number of likely N-dealkylation sites (tertiary alicyclic amines) is 1. The number of carbonyl (C=O) groups excluding carboxylic acids is 3. The number of hydrogen-bond acceptors (Lipinski definition) is 6. The molecule has 0 aromatic rings. The first-order valence-corrected chi connectivity index (χ1v) is 15.5. The Hall–Kier alpha value is -1.32. The van der Waals surface area contributed by atoms with Crippen molar-refractivity contribution in [2.75, 3.05) is 26.3 Å². The number of aliphatic hydroxyl groups excluding tert-OH is 1. The van der Waals surface area contributed by atoms with Gasteiger partial charge < -0.3 is 19.6 Å². The van der Waals surface area contributed by atoms with Crippen molar-refractivity contribution in [3.05, 3.63) is 25.3 Å². The molecule has 0 aromatic heterocycles.